The van der Waals surface area contributed by atoms with Gasteiger partial charge in [-0.15, -0.1) is 0 Å². The van der Waals surface area contributed by atoms with E-state index in [4.69, 9.17) is 10.5 Å². The topological polar surface area (TPSA) is 48.1 Å². The van der Waals surface area contributed by atoms with Gasteiger partial charge in [-0.1, -0.05) is 17.8 Å². The van der Waals surface area contributed by atoms with Crippen LogP contribution in [0.2, 0.25) is 0 Å². The number of nitrogens with two attached hydrogens (primary N) is 1. The summed E-state index contributed by atoms with van der Waals surface area (Å²) >= 11 is 5.09. The predicted octanol–water partition coefficient (Wildman–Crippen LogP) is 4.02. The molecule has 0 bridgehead atoms. The third kappa shape index (κ3) is 3.29. The second-order valence-corrected chi connectivity index (χ2v) is 5.94. The van der Waals surface area contributed by atoms with Gasteiger partial charge in [0.25, 0.3) is 0 Å². The lowest BCUT2D eigenvalue weighted by Gasteiger charge is -2.16. The minimum absolute atomic E-state index is 0.0962. The molecule has 2 N–H and O–H groups in total. The number of methoxy groups -OCH3 is 1. The van der Waals surface area contributed by atoms with Gasteiger partial charge < -0.3 is 10.5 Å². The van der Waals surface area contributed by atoms with Crippen molar-refractivity contribution < 1.29 is 4.74 Å². The van der Waals surface area contributed by atoms with E-state index in [2.05, 4.69) is 20.9 Å². The van der Waals surface area contributed by atoms with Gasteiger partial charge in [0.1, 0.15) is 10.8 Å². The van der Waals surface area contributed by atoms with E-state index in [-0.39, 0.29) is 6.04 Å². The highest BCUT2D eigenvalue weighted by Gasteiger charge is 2.15. The summed E-state index contributed by atoms with van der Waals surface area (Å²) in [4.78, 5) is 5.43. The van der Waals surface area contributed by atoms with Crippen LogP contribution >= 0.6 is 27.7 Å². The van der Waals surface area contributed by atoms with Gasteiger partial charge in [0.2, 0.25) is 0 Å². The van der Waals surface area contributed by atoms with Gasteiger partial charge in [0.15, 0.2) is 0 Å². The number of hydrogen-bond donors (Lipinski definition) is 1. The van der Waals surface area contributed by atoms with Gasteiger partial charge in [0.05, 0.1) is 11.6 Å². The van der Waals surface area contributed by atoms with Crippen molar-refractivity contribution >= 4 is 27.7 Å². The molecule has 1 aromatic heterocycles. The molecule has 100 valence electrons. The van der Waals surface area contributed by atoms with Gasteiger partial charge in [-0.2, -0.15) is 0 Å². The molecule has 0 aliphatic carbocycles. The fourth-order valence-electron chi connectivity index (χ4n) is 1.79. The van der Waals surface area contributed by atoms with Gasteiger partial charge in [-0.05, 0) is 47.1 Å². The third-order valence-corrected chi connectivity index (χ3v) is 4.63. The molecule has 1 aromatic carbocycles. The van der Waals surface area contributed by atoms with Gasteiger partial charge in [0, 0.05) is 22.7 Å². The normalized spacial score (nSPS) is 12.2. The van der Waals surface area contributed by atoms with Crippen LogP contribution in [0.15, 0.2) is 50.9 Å². The minimum Gasteiger partial charge on any atom is -0.496 e. The monoisotopic (exact) mass is 338 g/mol. The molecule has 5 heteroatoms. The van der Waals surface area contributed by atoms with Crippen LogP contribution in [0.3, 0.4) is 0 Å². The summed E-state index contributed by atoms with van der Waals surface area (Å²) in [6.07, 6.45) is 1.78. The van der Waals surface area contributed by atoms with Crippen molar-refractivity contribution in [3.63, 3.8) is 0 Å². The lowest BCUT2D eigenvalue weighted by atomic mass is 10.1. The van der Waals surface area contributed by atoms with Gasteiger partial charge in [-0.3, -0.25) is 0 Å². The molecule has 0 amide bonds. The van der Waals surface area contributed by atoms with E-state index < -0.39 is 0 Å². The van der Waals surface area contributed by atoms with E-state index in [0.29, 0.717) is 0 Å². The summed E-state index contributed by atoms with van der Waals surface area (Å²) < 4.78 is 6.36. The van der Waals surface area contributed by atoms with Crippen LogP contribution in [-0.4, -0.2) is 12.1 Å². The Morgan fingerprint density at radius 1 is 1.32 bits per heavy atom. The first-order valence-corrected chi connectivity index (χ1v) is 7.45. The van der Waals surface area contributed by atoms with E-state index in [0.717, 1.165) is 25.7 Å². The van der Waals surface area contributed by atoms with E-state index >= 15 is 0 Å². The van der Waals surface area contributed by atoms with Crippen LogP contribution in [-0.2, 0) is 0 Å². The zero-order chi connectivity index (χ0) is 13.8. The fraction of sp³-hybridized carbons (Fsp3) is 0.214. The van der Waals surface area contributed by atoms with Crippen LogP contribution in [0.5, 0.6) is 5.75 Å². The van der Waals surface area contributed by atoms with Crippen LogP contribution in [0, 0.1) is 0 Å². The fourth-order valence-corrected chi connectivity index (χ4v) is 3.32. The first-order valence-electron chi connectivity index (χ1n) is 5.84. The molecule has 1 atom stereocenters. The Morgan fingerprint density at radius 3 is 2.74 bits per heavy atom. The number of pyridine rings is 1. The van der Waals surface area contributed by atoms with Crippen molar-refractivity contribution in [3.05, 3.63) is 46.6 Å². The smallest absolute Gasteiger partial charge is 0.124 e. The van der Waals surface area contributed by atoms with Crippen molar-refractivity contribution in [2.24, 2.45) is 5.73 Å². The Morgan fingerprint density at radius 2 is 2.11 bits per heavy atom. The molecule has 0 spiro atoms. The van der Waals surface area contributed by atoms with Crippen molar-refractivity contribution in [2.75, 3.05) is 7.11 Å². The SMILES string of the molecule is COc1cccc(Sc2ncccc2Br)c1C(C)N. The standard InChI is InChI=1S/C14H15BrN2OS/c1-9(16)13-11(18-2)6-3-7-12(13)19-14-10(15)5-4-8-17-14/h3-9H,16H2,1-2H3. The lowest BCUT2D eigenvalue weighted by Crippen LogP contribution is -2.08. The number of ether oxygens (including phenoxy) is 1. The minimum atomic E-state index is -0.0962. The summed E-state index contributed by atoms with van der Waals surface area (Å²) in [7, 11) is 1.66. The maximum absolute atomic E-state index is 6.06. The van der Waals surface area contributed by atoms with Crippen LogP contribution in [0.25, 0.3) is 0 Å². The average molecular weight is 339 g/mol. The number of aromatic nitrogens is 1. The molecule has 2 aromatic rings. The van der Waals surface area contributed by atoms with Crippen molar-refractivity contribution in [2.45, 2.75) is 22.9 Å². The van der Waals surface area contributed by atoms with Crippen molar-refractivity contribution in [1.29, 1.82) is 0 Å². The van der Waals surface area contributed by atoms with E-state index in [1.807, 2.05) is 37.3 Å². The average Bonchev–Trinajstić information content (AvgIpc) is 2.40. The third-order valence-electron chi connectivity index (χ3n) is 2.63. The van der Waals surface area contributed by atoms with Gasteiger partial charge in [-0.25, -0.2) is 4.98 Å². The Bertz CT molecular complexity index is 575. The summed E-state index contributed by atoms with van der Waals surface area (Å²) in [6, 6.07) is 9.70. The predicted molar refractivity (Wildman–Crippen MR) is 81.7 cm³/mol. The molecule has 2 rings (SSSR count). The number of nitrogens with zero attached hydrogens (tertiary/aromatic N) is 1. The molecule has 0 saturated heterocycles. The second kappa shape index (κ2) is 6.41. The number of rotatable bonds is 4. The molecular weight excluding hydrogens is 324 g/mol. The molecular formula is C14H15BrN2OS. The molecule has 19 heavy (non-hydrogen) atoms. The molecule has 3 nitrogen and oxygen atoms in total. The zero-order valence-electron chi connectivity index (χ0n) is 10.8. The van der Waals surface area contributed by atoms with E-state index in [1.165, 1.54) is 0 Å². The van der Waals surface area contributed by atoms with Crippen LogP contribution in [0.1, 0.15) is 18.5 Å². The molecule has 0 aliphatic heterocycles. The number of hydrogen-bond acceptors (Lipinski definition) is 4. The first kappa shape index (κ1) is 14.4. The maximum Gasteiger partial charge on any atom is 0.124 e. The second-order valence-electron chi connectivity index (χ2n) is 4.05. The lowest BCUT2D eigenvalue weighted by molar-refractivity contribution is 0.405. The molecule has 0 saturated carbocycles. The maximum atomic E-state index is 6.06. The Kier molecular flexibility index (Phi) is 4.85. The summed E-state index contributed by atoms with van der Waals surface area (Å²) in [6.45, 7) is 1.95. The molecule has 0 aliphatic rings. The highest BCUT2D eigenvalue weighted by Crippen LogP contribution is 2.39. The van der Waals surface area contributed by atoms with Gasteiger partial charge >= 0.3 is 0 Å². The molecule has 1 unspecified atom stereocenters. The number of halogens is 1. The van der Waals surface area contributed by atoms with Crippen molar-refractivity contribution in [3.8, 4) is 5.75 Å². The van der Waals surface area contributed by atoms with E-state index in [9.17, 15) is 0 Å². The highest BCUT2D eigenvalue weighted by atomic mass is 79.9. The molecule has 0 fully saturated rings. The summed E-state index contributed by atoms with van der Waals surface area (Å²) in [5.74, 6) is 0.812. The Labute approximate surface area is 125 Å². The van der Waals surface area contributed by atoms with E-state index in [1.54, 1.807) is 25.1 Å². The Hall–Kier alpha value is -1.04. The highest BCUT2D eigenvalue weighted by molar-refractivity contribution is 9.10. The number of benzene rings is 1. The molecule has 1 heterocycles. The Balaban J connectivity index is 2.43. The summed E-state index contributed by atoms with van der Waals surface area (Å²) in [5.41, 5.74) is 7.06. The zero-order valence-corrected chi connectivity index (χ0v) is 13.2. The van der Waals surface area contributed by atoms with Crippen LogP contribution < -0.4 is 10.5 Å². The largest absolute Gasteiger partial charge is 0.496 e. The van der Waals surface area contributed by atoms with Crippen LogP contribution in [0.4, 0.5) is 0 Å². The quantitative estimate of drug-likeness (QED) is 0.914. The molecule has 0 radical (unpaired) electrons. The first-order chi connectivity index (χ1) is 9.13. The van der Waals surface area contributed by atoms with Crippen molar-refractivity contribution in [1.82, 2.24) is 4.98 Å². The summed E-state index contributed by atoms with van der Waals surface area (Å²) in [5, 5.41) is 0.914.